The van der Waals surface area contributed by atoms with E-state index in [1.54, 1.807) is 0 Å². The van der Waals surface area contributed by atoms with Crippen molar-refractivity contribution in [2.45, 2.75) is 18.1 Å². The van der Waals surface area contributed by atoms with Gasteiger partial charge in [0.05, 0.1) is 10.6 Å². The number of hydrogen-bond acceptors (Lipinski definition) is 2. The van der Waals surface area contributed by atoms with Crippen LogP contribution < -0.4 is 0 Å². The van der Waals surface area contributed by atoms with Crippen LogP contribution in [-0.4, -0.2) is 10.7 Å². The Hall–Kier alpha value is -0.420. The number of thioether (sulfide) groups is 1. The first-order valence-electron chi connectivity index (χ1n) is 3.80. The van der Waals surface area contributed by atoms with E-state index in [1.807, 2.05) is 6.92 Å². The van der Waals surface area contributed by atoms with Crippen LogP contribution in [0.15, 0.2) is 17.3 Å². The van der Waals surface area contributed by atoms with E-state index in [9.17, 15) is 13.2 Å². The van der Waals surface area contributed by atoms with Gasteiger partial charge in [0.2, 0.25) is 0 Å². The SMILES string of the molecule is CCSc1ncc(C(F)(F)F)cc1Cl. The highest BCUT2D eigenvalue weighted by molar-refractivity contribution is 7.99. The van der Waals surface area contributed by atoms with E-state index in [1.165, 1.54) is 11.8 Å². The smallest absolute Gasteiger partial charge is 0.248 e. The summed E-state index contributed by atoms with van der Waals surface area (Å²) in [4.78, 5) is 3.65. The van der Waals surface area contributed by atoms with Crippen molar-refractivity contribution in [1.82, 2.24) is 4.98 Å². The molecule has 0 amide bonds. The largest absolute Gasteiger partial charge is 0.417 e. The molecule has 0 spiro atoms. The topological polar surface area (TPSA) is 12.9 Å². The fraction of sp³-hybridized carbons (Fsp3) is 0.375. The second kappa shape index (κ2) is 4.40. The Morgan fingerprint density at radius 2 is 2.14 bits per heavy atom. The third-order valence-electron chi connectivity index (χ3n) is 1.42. The fourth-order valence-electron chi connectivity index (χ4n) is 0.823. The van der Waals surface area contributed by atoms with E-state index in [0.717, 1.165) is 18.0 Å². The number of rotatable bonds is 2. The second-order valence-electron chi connectivity index (χ2n) is 2.44. The summed E-state index contributed by atoms with van der Waals surface area (Å²) >= 11 is 6.94. The van der Waals surface area contributed by atoms with E-state index >= 15 is 0 Å². The first-order valence-corrected chi connectivity index (χ1v) is 5.17. The maximum atomic E-state index is 12.2. The lowest BCUT2D eigenvalue weighted by Gasteiger charge is -2.07. The van der Waals surface area contributed by atoms with Crippen LogP contribution in [0.2, 0.25) is 5.02 Å². The highest BCUT2D eigenvalue weighted by Crippen LogP contribution is 2.33. The van der Waals surface area contributed by atoms with E-state index in [4.69, 9.17) is 11.6 Å². The molecule has 0 N–H and O–H groups in total. The quantitative estimate of drug-likeness (QED) is 0.729. The molecule has 1 aromatic rings. The summed E-state index contributed by atoms with van der Waals surface area (Å²) < 4.78 is 36.5. The van der Waals surface area contributed by atoms with E-state index < -0.39 is 11.7 Å². The van der Waals surface area contributed by atoms with Gasteiger partial charge in [0.25, 0.3) is 0 Å². The van der Waals surface area contributed by atoms with Gasteiger partial charge in [-0.2, -0.15) is 13.2 Å². The fourth-order valence-corrected chi connectivity index (χ4v) is 1.75. The Balaban J connectivity index is 3.01. The van der Waals surface area contributed by atoms with Crippen molar-refractivity contribution in [3.8, 4) is 0 Å². The molecule has 6 heteroatoms. The van der Waals surface area contributed by atoms with Gasteiger partial charge >= 0.3 is 6.18 Å². The Labute approximate surface area is 88.7 Å². The molecule has 0 aliphatic heterocycles. The van der Waals surface area contributed by atoms with Crippen molar-refractivity contribution in [3.05, 3.63) is 22.8 Å². The summed E-state index contributed by atoms with van der Waals surface area (Å²) in [5.41, 5.74) is -0.817. The van der Waals surface area contributed by atoms with Crippen molar-refractivity contribution in [3.63, 3.8) is 0 Å². The molecule has 0 fully saturated rings. The van der Waals surface area contributed by atoms with E-state index in [-0.39, 0.29) is 5.02 Å². The molecule has 0 aliphatic carbocycles. The molecule has 0 saturated carbocycles. The summed E-state index contributed by atoms with van der Waals surface area (Å²) in [6.45, 7) is 1.88. The van der Waals surface area contributed by atoms with Gasteiger partial charge in [-0.15, -0.1) is 11.8 Å². The molecule has 1 rings (SSSR count). The lowest BCUT2D eigenvalue weighted by molar-refractivity contribution is -0.137. The third-order valence-corrected chi connectivity index (χ3v) is 2.70. The Morgan fingerprint density at radius 3 is 2.57 bits per heavy atom. The standard InChI is InChI=1S/C8H7ClF3NS/c1-2-14-7-6(9)3-5(4-13-7)8(10,11)12/h3-4H,2H2,1H3. The normalized spacial score (nSPS) is 11.8. The molecule has 0 atom stereocenters. The first-order chi connectivity index (χ1) is 6.45. The van der Waals surface area contributed by atoms with Gasteiger partial charge < -0.3 is 0 Å². The highest BCUT2D eigenvalue weighted by atomic mass is 35.5. The van der Waals surface area contributed by atoms with Gasteiger partial charge in [-0.25, -0.2) is 4.98 Å². The zero-order chi connectivity index (χ0) is 10.8. The van der Waals surface area contributed by atoms with Crippen molar-refractivity contribution in [2.24, 2.45) is 0 Å². The van der Waals surface area contributed by atoms with Crippen molar-refractivity contribution in [1.29, 1.82) is 0 Å². The second-order valence-corrected chi connectivity index (χ2v) is 4.10. The molecule has 14 heavy (non-hydrogen) atoms. The van der Waals surface area contributed by atoms with Crippen LogP contribution >= 0.6 is 23.4 Å². The van der Waals surface area contributed by atoms with Crippen LogP contribution in [0.5, 0.6) is 0 Å². The molecule has 1 heterocycles. The zero-order valence-electron chi connectivity index (χ0n) is 7.23. The molecule has 0 aromatic carbocycles. The minimum Gasteiger partial charge on any atom is -0.248 e. The Bertz CT molecular complexity index is 327. The van der Waals surface area contributed by atoms with Gasteiger partial charge in [-0.3, -0.25) is 0 Å². The minimum atomic E-state index is -4.38. The monoisotopic (exact) mass is 241 g/mol. The van der Waals surface area contributed by atoms with Crippen molar-refractivity contribution in [2.75, 3.05) is 5.75 Å². The number of pyridine rings is 1. The molecule has 0 unspecified atom stereocenters. The number of alkyl halides is 3. The van der Waals surface area contributed by atoms with Crippen LogP contribution in [0.4, 0.5) is 13.2 Å². The van der Waals surface area contributed by atoms with Crippen LogP contribution in [0.1, 0.15) is 12.5 Å². The Morgan fingerprint density at radius 1 is 1.50 bits per heavy atom. The predicted octanol–water partition coefficient (Wildman–Crippen LogP) is 3.87. The number of nitrogens with zero attached hydrogens (tertiary/aromatic N) is 1. The van der Waals surface area contributed by atoms with Gasteiger partial charge in [0, 0.05) is 6.20 Å². The van der Waals surface area contributed by atoms with Gasteiger partial charge in [0.15, 0.2) is 0 Å². The number of aromatic nitrogens is 1. The predicted molar refractivity (Wildman–Crippen MR) is 50.6 cm³/mol. The average Bonchev–Trinajstić information content (AvgIpc) is 2.07. The average molecular weight is 242 g/mol. The molecular formula is C8H7ClF3NS. The maximum Gasteiger partial charge on any atom is 0.417 e. The summed E-state index contributed by atoms with van der Waals surface area (Å²) in [5, 5.41) is 0.480. The zero-order valence-corrected chi connectivity index (χ0v) is 8.80. The van der Waals surface area contributed by atoms with Crippen molar-refractivity contribution < 1.29 is 13.2 Å². The maximum absolute atomic E-state index is 12.2. The van der Waals surface area contributed by atoms with Crippen molar-refractivity contribution >= 4 is 23.4 Å². The molecule has 0 saturated heterocycles. The first kappa shape index (κ1) is 11.7. The summed E-state index contributed by atoms with van der Waals surface area (Å²) in [6.07, 6.45) is -3.59. The number of hydrogen-bond donors (Lipinski definition) is 0. The third kappa shape index (κ3) is 2.78. The molecule has 1 aromatic heterocycles. The summed E-state index contributed by atoms with van der Waals surface area (Å²) in [6, 6.07) is 0.895. The molecule has 1 nitrogen and oxygen atoms in total. The van der Waals surface area contributed by atoms with E-state index in [2.05, 4.69) is 4.98 Å². The lowest BCUT2D eigenvalue weighted by atomic mass is 10.3. The molecule has 78 valence electrons. The van der Waals surface area contributed by atoms with Crippen LogP contribution in [0.3, 0.4) is 0 Å². The number of halogens is 4. The summed E-state index contributed by atoms with van der Waals surface area (Å²) in [5.74, 6) is 0.720. The van der Waals surface area contributed by atoms with Crippen LogP contribution in [0, 0.1) is 0 Å². The van der Waals surface area contributed by atoms with Gasteiger partial charge in [0.1, 0.15) is 5.03 Å². The minimum absolute atomic E-state index is 0.0478. The molecule has 0 aliphatic rings. The lowest BCUT2D eigenvalue weighted by Crippen LogP contribution is -2.05. The van der Waals surface area contributed by atoms with Crippen LogP contribution in [0.25, 0.3) is 0 Å². The summed E-state index contributed by atoms with van der Waals surface area (Å²) in [7, 11) is 0. The van der Waals surface area contributed by atoms with E-state index in [0.29, 0.717) is 5.03 Å². The highest BCUT2D eigenvalue weighted by Gasteiger charge is 2.31. The molecule has 0 bridgehead atoms. The Kier molecular flexibility index (Phi) is 3.66. The molecular weight excluding hydrogens is 235 g/mol. The molecule has 0 radical (unpaired) electrons. The van der Waals surface area contributed by atoms with Gasteiger partial charge in [-0.05, 0) is 11.8 Å². The van der Waals surface area contributed by atoms with Crippen LogP contribution in [-0.2, 0) is 6.18 Å². The van der Waals surface area contributed by atoms with Gasteiger partial charge in [-0.1, -0.05) is 18.5 Å².